The van der Waals surface area contributed by atoms with Crippen LogP contribution in [-0.2, 0) is 19.1 Å². The number of likely N-dealkylation sites (N-methyl/N-ethyl adjacent to an activating group) is 1. The van der Waals surface area contributed by atoms with Crippen LogP contribution in [0.3, 0.4) is 0 Å². The Morgan fingerprint density at radius 3 is 2.40 bits per heavy atom. The predicted molar refractivity (Wildman–Crippen MR) is 127 cm³/mol. The summed E-state index contributed by atoms with van der Waals surface area (Å²) in [7, 11) is 6.16. The Hall–Kier alpha value is -3.31. The molecule has 0 bridgehead atoms. The van der Waals surface area contributed by atoms with Crippen molar-refractivity contribution in [1.29, 1.82) is 0 Å². The highest BCUT2D eigenvalue weighted by atomic mass is 16.5. The van der Waals surface area contributed by atoms with Gasteiger partial charge in [0.25, 0.3) is 0 Å². The molecule has 0 aliphatic carbocycles. The van der Waals surface area contributed by atoms with Crippen molar-refractivity contribution in [2.75, 3.05) is 74.3 Å². The minimum absolute atomic E-state index is 0.0467. The fourth-order valence-electron chi connectivity index (χ4n) is 4.35. The molecule has 1 N–H and O–H groups in total. The zero-order valence-electron chi connectivity index (χ0n) is 21.0. The smallest absolute Gasteiger partial charge is 0.338 e. The number of piperazine rings is 1. The average molecular weight is 491 g/mol. The molecule has 0 spiro atoms. The van der Waals surface area contributed by atoms with Gasteiger partial charge >= 0.3 is 12.0 Å². The van der Waals surface area contributed by atoms with Gasteiger partial charge in [0.15, 0.2) is 11.5 Å². The molecular formula is C24H34N4O7. The Balaban J connectivity index is 1.98. The number of benzene rings is 1. The number of hydrogen-bond donors (Lipinski definition) is 1. The van der Waals surface area contributed by atoms with Crippen molar-refractivity contribution in [2.24, 2.45) is 0 Å². The maximum atomic E-state index is 13.2. The van der Waals surface area contributed by atoms with Crippen LogP contribution >= 0.6 is 0 Å². The first-order valence-corrected chi connectivity index (χ1v) is 11.5. The Morgan fingerprint density at radius 2 is 1.80 bits per heavy atom. The number of methoxy groups -OCH3 is 3. The van der Waals surface area contributed by atoms with E-state index in [1.165, 1.54) is 26.2 Å². The molecule has 0 unspecified atom stereocenters. The van der Waals surface area contributed by atoms with Crippen molar-refractivity contribution in [3.8, 4) is 11.5 Å². The van der Waals surface area contributed by atoms with Crippen LogP contribution < -0.4 is 14.8 Å². The van der Waals surface area contributed by atoms with Crippen molar-refractivity contribution in [2.45, 2.75) is 13.0 Å². The fraction of sp³-hybridized carbons (Fsp3) is 0.542. The third kappa shape index (κ3) is 5.68. The summed E-state index contributed by atoms with van der Waals surface area (Å²) in [5.74, 6) is 0.340. The number of nitrogens with zero attached hydrogens (tertiary/aromatic N) is 3. The van der Waals surface area contributed by atoms with Gasteiger partial charge in [0.2, 0.25) is 5.91 Å². The van der Waals surface area contributed by atoms with Gasteiger partial charge in [-0.25, -0.2) is 9.59 Å². The van der Waals surface area contributed by atoms with Crippen LogP contribution in [-0.4, -0.2) is 107 Å². The average Bonchev–Trinajstić information content (AvgIpc) is 2.86. The van der Waals surface area contributed by atoms with Crippen LogP contribution in [0.4, 0.5) is 4.79 Å². The molecule has 3 rings (SSSR count). The molecule has 35 heavy (non-hydrogen) atoms. The number of esters is 1. The monoisotopic (exact) mass is 490 g/mol. The second-order valence-corrected chi connectivity index (χ2v) is 8.20. The first kappa shape index (κ1) is 26.3. The van der Waals surface area contributed by atoms with Crippen molar-refractivity contribution in [3.05, 3.63) is 35.0 Å². The number of carbonyl (C=O) groups excluding carboxylic acids is 3. The van der Waals surface area contributed by atoms with Crippen LogP contribution in [0.1, 0.15) is 18.5 Å². The van der Waals surface area contributed by atoms with Gasteiger partial charge in [0.1, 0.15) is 6.61 Å². The molecule has 2 heterocycles. The van der Waals surface area contributed by atoms with Gasteiger partial charge in [-0.15, -0.1) is 0 Å². The summed E-state index contributed by atoms with van der Waals surface area (Å²) in [4.78, 5) is 43.7. The molecule has 2 aliphatic heterocycles. The molecule has 1 aromatic rings. The second kappa shape index (κ2) is 11.9. The van der Waals surface area contributed by atoms with Crippen LogP contribution in [0.15, 0.2) is 29.5 Å². The van der Waals surface area contributed by atoms with E-state index < -0.39 is 12.0 Å². The normalized spacial score (nSPS) is 18.9. The molecule has 0 radical (unpaired) electrons. The zero-order chi connectivity index (χ0) is 25.5. The molecule has 1 fully saturated rings. The van der Waals surface area contributed by atoms with Crippen molar-refractivity contribution in [1.82, 2.24) is 20.0 Å². The number of rotatable bonds is 9. The van der Waals surface area contributed by atoms with Gasteiger partial charge in [-0.2, -0.15) is 0 Å². The van der Waals surface area contributed by atoms with Crippen LogP contribution in [0.5, 0.6) is 11.5 Å². The van der Waals surface area contributed by atoms with E-state index >= 15 is 0 Å². The van der Waals surface area contributed by atoms with Gasteiger partial charge in [-0.1, -0.05) is 12.1 Å². The molecular weight excluding hydrogens is 456 g/mol. The topological polar surface area (TPSA) is 110 Å². The van der Waals surface area contributed by atoms with E-state index in [1.807, 2.05) is 0 Å². The summed E-state index contributed by atoms with van der Waals surface area (Å²) >= 11 is 0. The van der Waals surface area contributed by atoms with Crippen molar-refractivity contribution >= 4 is 17.9 Å². The van der Waals surface area contributed by atoms with Gasteiger partial charge in [-0.05, 0) is 13.0 Å². The lowest BCUT2D eigenvalue weighted by Gasteiger charge is -2.39. The number of nitrogens with one attached hydrogen (secondary N) is 1. The maximum absolute atomic E-state index is 13.2. The number of para-hydroxylation sites is 1. The van der Waals surface area contributed by atoms with Crippen LogP contribution in [0.2, 0.25) is 0 Å². The SMILES string of the molecule is CCOC(=O)C1=C(CN2CCN(C(=O)COC)CC2)N(C)C(=O)N[C@H]1c1cccc(OC)c1OC. The number of ether oxygens (including phenoxy) is 4. The minimum Gasteiger partial charge on any atom is -0.493 e. The lowest BCUT2D eigenvalue weighted by atomic mass is 9.93. The molecule has 2 aliphatic rings. The van der Waals surface area contributed by atoms with Crippen LogP contribution in [0.25, 0.3) is 0 Å². The predicted octanol–water partition coefficient (Wildman–Crippen LogP) is 1.01. The standard InChI is InChI=1S/C24H34N4O7/c1-6-35-23(30)20-17(14-27-10-12-28(13-11-27)19(29)15-32-3)26(2)24(31)25-21(20)16-8-7-9-18(33-4)22(16)34-5/h7-9,21H,6,10-15H2,1-5H3,(H,25,31)/t21-/m0/s1. The lowest BCUT2D eigenvalue weighted by Crippen LogP contribution is -2.53. The molecule has 11 nitrogen and oxygen atoms in total. The van der Waals surface area contributed by atoms with E-state index in [9.17, 15) is 14.4 Å². The molecule has 192 valence electrons. The largest absolute Gasteiger partial charge is 0.493 e. The summed E-state index contributed by atoms with van der Waals surface area (Å²) in [6.07, 6.45) is 0. The molecule has 11 heteroatoms. The molecule has 1 atom stereocenters. The Bertz CT molecular complexity index is 973. The summed E-state index contributed by atoms with van der Waals surface area (Å²) in [5.41, 5.74) is 1.46. The summed E-state index contributed by atoms with van der Waals surface area (Å²) in [5, 5.41) is 2.91. The van der Waals surface area contributed by atoms with E-state index in [0.717, 1.165) is 0 Å². The van der Waals surface area contributed by atoms with Crippen molar-refractivity contribution < 1.29 is 33.3 Å². The van der Waals surface area contributed by atoms with Gasteiger partial charge in [0, 0.05) is 58.1 Å². The lowest BCUT2D eigenvalue weighted by molar-refractivity contribution is -0.139. The second-order valence-electron chi connectivity index (χ2n) is 8.20. The summed E-state index contributed by atoms with van der Waals surface area (Å²) < 4.78 is 21.4. The Labute approximate surface area is 205 Å². The quantitative estimate of drug-likeness (QED) is 0.511. The Kier molecular flexibility index (Phi) is 8.94. The molecule has 1 aromatic carbocycles. The van der Waals surface area contributed by atoms with Crippen molar-refractivity contribution in [3.63, 3.8) is 0 Å². The van der Waals surface area contributed by atoms with E-state index in [0.29, 0.717) is 61.1 Å². The zero-order valence-corrected chi connectivity index (χ0v) is 21.0. The summed E-state index contributed by atoms with van der Waals surface area (Å²) in [6, 6.07) is 4.17. The number of amides is 3. The molecule has 1 saturated heterocycles. The van der Waals surface area contributed by atoms with E-state index in [1.54, 1.807) is 37.1 Å². The molecule has 0 saturated carbocycles. The van der Waals surface area contributed by atoms with Gasteiger partial charge < -0.3 is 29.2 Å². The van der Waals surface area contributed by atoms with E-state index in [4.69, 9.17) is 18.9 Å². The van der Waals surface area contributed by atoms with Crippen LogP contribution in [0, 0.1) is 0 Å². The fourth-order valence-corrected chi connectivity index (χ4v) is 4.35. The first-order chi connectivity index (χ1) is 16.9. The first-order valence-electron chi connectivity index (χ1n) is 11.5. The van der Waals surface area contributed by atoms with E-state index in [2.05, 4.69) is 10.2 Å². The Morgan fingerprint density at radius 1 is 1.09 bits per heavy atom. The number of hydrogen-bond acceptors (Lipinski definition) is 8. The minimum atomic E-state index is -0.789. The maximum Gasteiger partial charge on any atom is 0.338 e. The van der Waals surface area contributed by atoms with Gasteiger partial charge in [0.05, 0.1) is 32.4 Å². The highest BCUT2D eigenvalue weighted by Gasteiger charge is 2.39. The highest BCUT2D eigenvalue weighted by molar-refractivity contribution is 5.95. The van der Waals surface area contributed by atoms with Gasteiger partial charge in [-0.3, -0.25) is 14.6 Å². The summed E-state index contributed by atoms with van der Waals surface area (Å²) in [6.45, 7) is 4.57. The third-order valence-electron chi connectivity index (χ3n) is 6.18. The third-order valence-corrected chi connectivity index (χ3v) is 6.18. The molecule has 0 aromatic heterocycles. The highest BCUT2D eigenvalue weighted by Crippen LogP contribution is 2.40. The van der Waals surface area contributed by atoms with E-state index in [-0.39, 0.29) is 25.2 Å². The molecule has 3 amide bonds. The number of urea groups is 1. The number of carbonyl (C=O) groups is 3.